The smallest absolute Gasteiger partial charge is 0.207 e. The number of halogens is 3. The van der Waals surface area contributed by atoms with E-state index in [0.717, 1.165) is 0 Å². The fourth-order valence-electron chi connectivity index (χ4n) is 0.554. The van der Waals surface area contributed by atoms with Gasteiger partial charge >= 0.3 is 5.76 Å². The number of nitrogens with one attached hydrogen (secondary N) is 1. The average Bonchev–Trinajstić information content (AvgIpc) is 1.85. The minimum absolute atomic E-state index is 0.229. The van der Waals surface area contributed by atoms with E-state index in [-0.39, 0.29) is 5.88 Å². The summed E-state index contributed by atoms with van der Waals surface area (Å²) in [4.78, 5) is 0. The summed E-state index contributed by atoms with van der Waals surface area (Å²) < 4.78 is 46.3. The molecule has 0 heterocycles. The lowest BCUT2D eigenvalue weighted by Gasteiger charge is -2.11. The lowest BCUT2D eigenvalue weighted by molar-refractivity contribution is 0.231. The molecule has 0 aliphatic carbocycles. The summed E-state index contributed by atoms with van der Waals surface area (Å²) in [5.74, 6) is -3.15. The maximum Gasteiger partial charge on any atom is 0.350 e. The molecule has 74 valence electrons. The molecule has 0 bridgehead atoms. The van der Waals surface area contributed by atoms with Gasteiger partial charge in [-0.2, -0.15) is 8.78 Å². The molecule has 0 amide bonds. The molecule has 12 heavy (non-hydrogen) atoms. The molecule has 7 heteroatoms. The normalized spacial score (nSPS) is 15.1. The summed E-state index contributed by atoms with van der Waals surface area (Å²) >= 11 is 5.28. The zero-order valence-corrected chi connectivity index (χ0v) is 8.00. The Morgan fingerprint density at radius 1 is 1.50 bits per heavy atom. The Bertz CT molecular complexity index is 219. The Morgan fingerprint density at radius 2 is 2.00 bits per heavy atom. The van der Waals surface area contributed by atoms with E-state index in [1.807, 2.05) is 0 Å². The molecule has 0 saturated heterocycles. The minimum Gasteiger partial charge on any atom is -0.207 e. The van der Waals surface area contributed by atoms with Gasteiger partial charge in [-0.05, 0) is 13.3 Å². The first-order valence-corrected chi connectivity index (χ1v) is 5.33. The molecule has 0 saturated carbocycles. The first-order chi connectivity index (χ1) is 5.40. The van der Waals surface area contributed by atoms with Crippen LogP contribution >= 0.6 is 11.6 Å². The van der Waals surface area contributed by atoms with Crippen LogP contribution in [0.2, 0.25) is 0 Å². The SMILES string of the molecule is CC(CCCl)NS(=O)(=O)C(F)F. The van der Waals surface area contributed by atoms with Crippen molar-refractivity contribution in [1.82, 2.24) is 4.72 Å². The molecule has 0 spiro atoms. The second-order valence-electron chi connectivity index (χ2n) is 2.30. The van der Waals surface area contributed by atoms with Gasteiger partial charge in [-0.3, -0.25) is 0 Å². The largest absolute Gasteiger partial charge is 0.350 e. The van der Waals surface area contributed by atoms with E-state index in [0.29, 0.717) is 6.42 Å². The molecule has 1 unspecified atom stereocenters. The maximum atomic E-state index is 11.7. The number of alkyl halides is 3. The van der Waals surface area contributed by atoms with Crippen LogP contribution in [0.5, 0.6) is 0 Å². The van der Waals surface area contributed by atoms with Gasteiger partial charge in [0.05, 0.1) is 0 Å². The molecule has 1 N–H and O–H groups in total. The van der Waals surface area contributed by atoms with Crippen LogP contribution in [-0.2, 0) is 10.0 Å². The van der Waals surface area contributed by atoms with Crippen molar-refractivity contribution in [1.29, 1.82) is 0 Å². The third-order valence-electron chi connectivity index (χ3n) is 1.14. The van der Waals surface area contributed by atoms with Crippen LogP contribution in [0.25, 0.3) is 0 Å². The zero-order valence-electron chi connectivity index (χ0n) is 6.43. The van der Waals surface area contributed by atoms with Crippen molar-refractivity contribution >= 4 is 21.6 Å². The fraction of sp³-hybridized carbons (Fsp3) is 1.00. The van der Waals surface area contributed by atoms with Crippen LogP contribution in [0.1, 0.15) is 13.3 Å². The van der Waals surface area contributed by atoms with Gasteiger partial charge in [-0.15, -0.1) is 11.6 Å². The van der Waals surface area contributed by atoms with Crippen LogP contribution in [0.4, 0.5) is 8.78 Å². The molecule has 0 radical (unpaired) electrons. The Labute approximate surface area is 75.1 Å². The highest BCUT2D eigenvalue weighted by Crippen LogP contribution is 2.04. The number of hydrogen-bond acceptors (Lipinski definition) is 2. The number of hydrogen-bond donors (Lipinski definition) is 1. The average molecular weight is 222 g/mol. The molecule has 0 aromatic rings. The predicted molar refractivity (Wildman–Crippen MR) is 42.9 cm³/mol. The quantitative estimate of drug-likeness (QED) is 0.708. The summed E-state index contributed by atoms with van der Waals surface area (Å²) in [6, 6.07) is -0.554. The Kier molecular flexibility index (Phi) is 4.96. The standard InChI is InChI=1S/C5H10ClF2NO2S/c1-4(2-3-6)9-12(10,11)5(7)8/h4-5,9H,2-3H2,1H3. The van der Waals surface area contributed by atoms with Crippen molar-refractivity contribution in [3.8, 4) is 0 Å². The van der Waals surface area contributed by atoms with Crippen molar-refractivity contribution in [2.45, 2.75) is 25.1 Å². The topological polar surface area (TPSA) is 46.2 Å². The molecular weight excluding hydrogens is 212 g/mol. The highest BCUT2D eigenvalue weighted by atomic mass is 35.5. The van der Waals surface area contributed by atoms with Crippen LogP contribution in [-0.4, -0.2) is 26.1 Å². The van der Waals surface area contributed by atoms with Crippen molar-refractivity contribution in [3.05, 3.63) is 0 Å². The monoisotopic (exact) mass is 221 g/mol. The van der Waals surface area contributed by atoms with E-state index in [4.69, 9.17) is 11.6 Å². The fourth-order valence-corrected chi connectivity index (χ4v) is 1.66. The number of sulfonamides is 1. The molecule has 3 nitrogen and oxygen atoms in total. The molecule has 0 fully saturated rings. The molecule has 0 aromatic carbocycles. The highest BCUT2D eigenvalue weighted by molar-refractivity contribution is 7.89. The first-order valence-electron chi connectivity index (χ1n) is 3.25. The van der Waals surface area contributed by atoms with Crippen LogP contribution in [0.3, 0.4) is 0 Å². The van der Waals surface area contributed by atoms with E-state index < -0.39 is 21.8 Å². The minimum atomic E-state index is -4.46. The van der Waals surface area contributed by atoms with Crippen molar-refractivity contribution in [2.24, 2.45) is 0 Å². The van der Waals surface area contributed by atoms with Gasteiger partial charge in [0.1, 0.15) is 0 Å². The van der Waals surface area contributed by atoms with Crippen LogP contribution < -0.4 is 4.72 Å². The summed E-state index contributed by atoms with van der Waals surface area (Å²) in [7, 11) is -4.46. The van der Waals surface area contributed by atoms with E-state index in [1.54, 1.807) is 4.72 Å². The third kappa shape index (κ3) is 4.18. The molecule has 0 aliphatic heterocycles. The number of rotatable bonds is 5. The van der Waals surface area contributed by atoms with Gasteiger partial charge < -0.3 is 0 Å². The van der Waals surface area contributed by atoms with Gasteiger partial charge in [-0.1, -0.05) is 0 Å². The Morgan fingerprint density at radius 3 is 2.33 bits per heavy atom. The first kappa shape index (κ1) is 12.1. The van der Waals surface area contributed by atoms with Gasteiger partial charge in [0.15, 0.2) is 0 Å². The molecule has 1 atom stereocenters. The molecule has 0 rings (SSSR count). The Hall–Kier alpha value is 0.0600. The summed E-state index contributed by atoms with van der Waals surface area (Å²) in [6.45, 7) is 1.47. The second kappa shape index (κ2) is 4.94. The summed E-state index contributed by atoms with van der Waals surface area (Å²) in [6.07, 6.45) is 0.327. The van der Waals surface area contributed by atoms with Crippen LogP contribution in [0, 0.1) is 0 Å². The van der Waals surface area contributed by atoms with E-state index in [9.17, 15) is 17.2 Å². The second-order valence-corrected chi connectivity index (χ2v) is 4.36. The predicted octanol–water partition coefficient (Wildman–Crippen LogP) is 1.15. The van der Waals surface area contributed by atoms with Crippen LogP contribution in [0.15, 0.2) is 0 Å². The van der Waals surface area contributed by atoms with Crippen molar-refractivity contribution < 1.29 is 17.2 Å². The lowest BCUT2D eigenvalue weighted by atomic mass is 10.3. The van der Waals surface area contributed by atoms with Gasteiger partial charge in [0.25, 0.3) is 10.0 Å². The van der Waals surface area contributed by atoms with E-state index in [2.05, 4.69) is 0 Å². The van der Waals surface area contributed by atoms with Gasteiger partial charge in [0.2, 0.25) is 0 Å². The zero-order chi connectivity index (χ0) is 9.78. The third-order valence-corrected chi connectivity index (χ3v) is 2.56. The maximum absolute atomic E-state index is 11.7. The summed E-state index contributed by atoms with van der Waals surface area (Å²) in [5.41, 5.74) is 0. The van der Waals surface area contributed by atoms with Crippen molar-refractivity contribution in [3.63, 3.8) is 0 Å². The van der Waals surface area contributed by atoms with Gasteiger partial charge in [-0.25, -0.2) is 13.1 Å². The lowest BCUT2D eigenvalue weighted by Crippen LogP contribution is -2.36. The van der Waals surface area contributed by atoms with Gasteiger partial charge in [0, 0.05) is 11.9 Å². The van der Waals surface area contributed by atoms with E-state index >= 15 is 0 Å². The summed E-state index contributed by atoms with van der Waals surface area (Å²) in [5, 5.41) is 0. The van der Waals surface area contributed by atoms with E-state index in [1.165, 1.54) is 6.92 Å². The molecule has 0 aliphatic rings. The van der Waals surface area contributed by atoms with Crippen molar-refractivity contribution in [2.75, 3.05) is 5.88 Å². The Balaban J connectivity index is 4.07. The molecular formula is C5H10ClF2NO2S. The highest BCUT2D eigenvalue weighted by Gasteiger charge is 2.25. The molecule has 0 aromatic heterocycles.